The van der Waals surface area contributed by atoms with Gasteiger partial charge in [-0.15, -0.1) is 0 Å². The first-order chi connectivity index (χ1) is 18.0. The Hall–Kier alpha value is -2.77. The number of unbranched alkanes of at least 4 members (excludes halogenated alkanes) is 1. The maximum Gasteiger partial charge on any atom is 0.407 e. The van der Waals surface area contributed by atoms with E-state index in [0.717, 1.165) is 6.42 Å². The molecule has 0 aromatic carbocycles. The second-order valence-electron chi connectivity index (χ2n) is 9.30. The quantitative estimate of drug-likeness (QED) is 0.169. The zero-order chi connectivity index (χ0) is 28.7. The molecule has 0 rings (SSSR count). The van der Waals surface area contributed by atoms with E-state index in [4.69, 9.17) is 23.7 Å². The summed E-state index contributed by atoms with van der Waals surface area (Å²) in [6.45, 7) is 7.49. The molecule has 0 aliphatic carbocycles. The molecule has 0 aliphatic heterocycles. The summed E-state index contributed by atoms with van der Waals surface area (Å²) in [6, 6.07) is 0. The lowest BCUT2D eigenvalue weighted by Gasteiger charge is -2.19. The number of Topliss-reactive ketones (excluding diaryl/α,β-unsaturated/α-hetero) is 2. The van der Waals surface area contributed by atoms with E-state index in [-0.39, 0.29) is 50.7 Å². The van der Waals surface area contributed by atoms with Crippen LogP contribution in [0.3, 0.4) is 0 Å². The molecule has 0 fully saturated rings. The third kappa shape index (κ3) is 24.9. The molecule has 0 heterocycles. The van der Waals surface area contributed by atoms with Gasteiger partial charge in [-0.3, -0.25) is 14.4 Å². The van der Waals surface area contributed by atoms with Gasteiger partial charge in [-0.1, -0.05) is 0 Å². The number of amides is 3. The third-order valence-electron chi connectivity index (χ3n) is 4.56. The Balaban J connectivity index is 3.64. The van der Waals surface area contributed by atoms with Crippen molar-refractivity contribution in [3.8, 4) is 0 Å². The molecule has 13 nitrogen and oxygen atoms in total. The Morgan fingerprint density at radius 2 is 1.26 bits per heavy atom. The molecule has 0 saturated carbocycles. The maximum atomic E-state index is 11.9. The zero-order valence-electron chi connectivity index (χ0n) is 23.2. The molecule has 0 aromatic heterocycles. The molecule has 0 unspecified atom stereocenters. The molecule has 0 aliphatic rings. The van der Waals surface area contributed by atoms with Gasteiger partial charge in [-0.05, 0) is 40.0 Å². The monoisotopic (exact) mass is 547 g/mol. The summed E-state index contributed by atoms with van der Waals surface area (Å²) in [7, 11) is 1.60. The van der Waals surface area contributed by atoms with Crippen molar-refractivity contribution < 1.29 is 47.7 Å². The van der Waals surface area contributed by atoms with Crippen LogP contribution >= 0.6 is 0 Å². The fourth-order valence-electron chi connectivity index (χ4n) is 2.68. The highest BCUT2D eigenvalue weighted by Gasteiger charge is 2.15. The van der Waals surface area contributed by atoms with E-state index in [9.17, 15) is 24.0 Å². The summed E-state index contributed by atoms with van der Waals surface area (Å²) < 4.78 is 25.5. The van der Waals surface area contributed by atoms with Gasteiger partial charge >= 0.3 is 12.2 Å². The van der Waals surface area contributed by atoms with Crippen LogP contribution in [0.2, 0.25) is 0 Å². The van der Waals surface area contributed by atoms with Crippen molar-refractivity contribution in [1.82, 2.24) is 16.0 Å². The van der Waals surface area contributed by atoms with Crippen LogP contribution in [0.4, 0.5) is 9.59 Å². The molecule has 38 heavy (non-hydrogen) atoms. The number of carbonyl (C=O) groups is 5. The summed E-state index contributed by atoms with van der Waals surface area (Å²) in [5.41, 5.74) is -0.555. The largest absolute Gasteiger partial charge is 0.447 e. The van der Waals surface area contributed by atoms with Gasteiger partial charge in [0.25, 0.3) is 0 Å². The zero-order valence-corrected chi connectivity index (χ0v) is 23.2. The number of hydrogen-bond donors (Lipinski definition) is 3. The summed E-state index contributed by atoms with van der Waals surface area (Å²) in [4.78, 5) is 58.6. The normalized spacial score (nSPS) is 10.9. The van der Waals surface area contributed by atoms with Crippen LogP contribution in [0.5, 0.6) is 0 Å². The second-order valence-corrected chi connectivity index (χ2v) is 9.30. The summed E-state index contributed by atoms with van der Waals surface area (Å²) in [6.07, 6.45) is 0.906. The minimum Gasteiger partial charge on any atom is -0.447 e. The highest BCUT2D eigenvalue weighted by atomic mass is 16.6. The Labute approximate surface area is 225 Å². The summed E-state index contributed by atoms with van der Waals surface area (Å²) in [5.74, 6) is -0.839. The summed E-state index contributed by atoms with van der Waals surface area (Å²) in [5, 5.41) is 7.41. The highest BCUT2D eigenvalue weighted by Crippen LogP contribution is 2.06. The van der Waals surface area contributed by atoms with Crippen molar-refractivity contribution >= 4 is 29.7 Å². The van der Waals surface area contributed by atoms with Gasteiger partial charge in [-0.2, -0.15) is 0 Å². The summed E-state index contributed by atoms with van der Waals surface area (Å²) >= 11 is 0. The first-order valence-corrected chi connectivity index (χ1v) is 12.9. The van der Waals surface area contributed by atoms with Crippen LogP contribution in [-0.2, 0) is 38.1 Å². The molecule has 0 atom stereocenters. The van der Waals surface area contributed by atoms with Gasteiger partial charge in [0.15, 0.2) is 11.6 Å². The second kappa shape index (κ2) is 22.2. The van der Waals surface area contributed by atoms with E-state index < -0.39 is 23.7 Å². The number of carbonyl (C=O) groups excluding carboxylic acids is 5. The first kappa shape index (κ1) is 35.2. The van der Waals surface area contributed by atoms with Crippen molar-refractivity contribution in [1.29, 1.82) is 0 Å². The van der Waals surface area contributed by atoms with Gasteiger partial charge in [0.05, 0.1) is 32.9 Å². The number of ether oxygens (including phenoxy) is 5. The van der Waals surface area contributed by atoms with E-state index >= 15 is 0 Å². The minimum absolute atomic E-state index is 0.00318. The lowest BCUT2D eigenvalue weighted by atomic mass is 10.1. The first-order valence-electron chi connectivity index (χ1n) is 12.9. The van der Waals surface area contributed by atoms with Gasteiger partial charge in [0.2, 0.25) is 5.91 Å². The van der Waals surface area contributed by atoms with Crippen LogP contribution in [0.1, 0.15) is 59.3 Å². The molecule has 220 valence electrons. The Morgan fingerprint density at radius 1 is 0.632 bits per heavy atom. The van der Waals surface area contributed by atoms with Gasteiger partial charge in [-0.25, -0.2) is 9.59 Å². The van der Waals surface area contributed by atoms with Gasteiger partial charge < -0.3 is 39.6 Å². The smallest absolute Gasteiger partial charge is 0.407 e. The van der Waals surface area contributed by atoms with Crippen molar-refractivity contribution in [3.05, 3.63) is 0 Å². The average Bonchev–Trinajstić information content (AvgIpc) is 2.84. The van der Waals surface area contributed by atoms with E-state index in [2.05, 4.69) is 16.0 Å². The minimum atomic E-state index is -0.771. The molecule has 3 amide bonds. The Kier molecular flexibility index (Phi) is 20.6. The molecule has 0 radical (unpaired) electrons. The fraction of sp³-hybridized carbons (Fsp3) is 0.800. The van der Waals surface area contributed by atoms with Gasteiger partial charge in [0.1, 0.15) is 12.2 Å². The molecular formula is C25H45N3O10. The third-order valence-corrected chi connectivity index (χ3v) is 4.56. The van der Waals surface area contributed by atoms with E-state index in [1.807, 2.05) is 0 Å². The number of alkyl carbamates (subject to hydrolysis) is 2. The average molecular weight is 548 g/mol. The Morgan fingerprint density at radius 3 is 1.95 bits per heavy atom. The van der Waals surface area contributed by atoms with E-state index in [1.165, 1.54) is 0 Å². The van der Waals surface area contributed by atoms with Gasteiger partial charge in [0, 0.05) is 46.1 Å². The standard InChI is InChI=1S/C25H45N3O10/c1-25(2,3)38-24(33)26-11-7-13-36-16-17-37-23(32)28-19-21(30)9-10-22(31)27-18-20(29)8-5-6-12-35-15-14-34-4/h5-19H2,1-4H3,(H,26,33)(H,27,31)(H,28,32). The molecule has 0 spiro atoms. The van der Waals surface area contributed by atoms with Crippen LogP contribution in [0.25, 0.3) is 0 Å². The van der Waals surface area contributed by atoms with Crippen LogP contribution in [-0.4, -0.2) is 102 Å². The predicted molar refractivity (Wildman–Crippen MR) is 138 cm³/mol. The number of hydrogen-bond acceptors (Lipinski definition) is 10. The van der Waals surface area contributed by atoms with Crippen LogP contribution in [0, 0.1) is 0 Å². The van der Waals surface area contributed by atoms with Crippen LogP contribution < -0.4 is 16.0 Å². The Bertz CT molecular complexity index is 710. The number of nitrogens with one attached hydrogen (secondary N) is 3. The topological polar surface area (TPSA) is 168 Å². The van der Waals surface area contributed by atoms with Crippen molar-refractivity contribution in [2.75, 3.05) is 66.4 Å². The fourth-order valence-corrected chi connectivity index (χ4v) is 2.68. The van der Waals surface area contributed by atoms with Crippen molar-refractivity contribution in [3.63, 3.8) is 0 Å². The number of ketones is 2. The number of methoxy groups -OCH3 is 1. The molecule has 0 saturated heterocycles. The highest BCUT2D eigenvalue weighted by molar-refractivity contribution is 5.90. The van der Waals surface area contributed by atoms with Crippen LogP contribution in [0.15, 0.2) is 0 Å². The number of rotatable bonds is 22. The predicted octanol–water partition coefficient (Wildman–Crippen LogP) is 1.51. The lowest BCUT2D eigenvalue weighted by Crippen LogP contribution is -2.33. The lowest BCUT2D eigenvalue weighted by molar-refractivity contribution is -0.127. The molecule has 0 aromatic rings. The SMILES string of the molecule is COCCOCCCCC(=O)CNC(=O)CCC(=O)CNC(=O)OCCOCCCNC(=O)OC(C)(C)C. The van der Waals surface area contributed by atoms with E-state index in [1.54, 1.807) is 27.9 Å². The molecular weight excluding hydrogens is 502 g/mol. The van der Waals surface area contributed by atoms with Crippen molar-refractivity contribution in [2.24, 2.45) is 0 Å². The maximum absolute atomic E-state index is 11.9. The molecule has 3 N–H and O–H groups in total. The molecule has 13 heteroatoms. The van der Waals surface area contributed by atoms with Crippen molar-refractivity contribution in [2.45, 2.75) is 64.9 Å². The van der Waals surface area contributed by atoms with E-state index in [0.29, 0.717) is 52.2 Å². The molecule has 0 bridgehead atoms.